The Labute approximate surface area is 335 Å². The van der Waals surface area contributed by atoms with Gasteiger partial charge in [-0.2, -0.15) is 0 Å². The third-order valence-corrected chi connectivity index (χ3v) is 12.4. The number of para-hydroxylation sites is 3. The first-order chi connectivity index (χ1) is 28.3. The van der Waals surface area contributed by atoms with Gasteiger partial charge in [-0.05, 0) is 76.9 Å². The highest BCUT2D eigenvalue weighted by Gasteiger charge is 2.22. The molecule has 2 nitrogen and oxygen atoms in total. The Morgan fingerprint density at radius 1 is 0.351 bits per heavy atom. The number of hydrogen-bond donors (Lipinski definition) is 0. The van der Waals surface area contributed by atoms with E-state index in [9.17, 15) is 0 Å². The number of anilines is 3. The van der Waals surface area contributed by atoms with E-state index in [2.05, 4.69) is 228 Å². The van der Waals surface area contributed by atoms with Crippen molar-refractivity contribution in [2.75, 3.05) is 4.90 Å². The summed E-state index contributed by atoms with van der Waals surface area (Å²) in [6, 6.07) is 79.3. The lowest BCUT2D eigenvalue weighted by Crippen LogP contribution is -2.11. The van der Waals surface area contributed by atoms with E-state index < -0.39 is 0 Å². The van der Waals surface area contributed by atoms with E-state index in [1.165, 1.54) is 75.4 Å². The summed E-state index contributed by atoms with van der Waals surface area (Å²) in [5.41, 5.74) is 14.1. The van der Waals surface area contributed by atoms with Gasteiger partial charge in [0, 0.05) is 59.1 Å². The molecule has 0 atom stereocenters. The van der Waals surface area contributed by atoms with Crippen LogP contribution < -0.4 is 4.90 Å². The van der Waals surface area contributed by atoms with Crippen LogP contribution >= 0.6 is 11.3 Å². The minimum absolute atomic E-state index is 1.09. The number of aromatic nitrogens is 1. The number of hydrogen-bond acceptors (Lipinski definition) is 2. The Morgan fingerprint density at radius 3 is 1.70 bits per heavy atom. The van der Waals surface area contributed by atoms with Gasteiger partial charge in [-0.25, -0.2) is 0 Å². The molecule has 0 amide bonds. The van der Waals surface area contributed by atoms with Gasteiger partial charge in [-0.15, -0.1) is 11.3 Å². The highest BCUT2D eigenvalue weighted by Crippen LogP contribution is 2.47. The van der Waals surface area contributed by atoms with E-state index in [0.29, 0.717) is 0 Å². The lowest BCUT2D eigenvalue weighted by molar-refractivity contribution is 1.18. The Hall–Kier alpha value is -7.20. The van der Waals surface area contributed by atoms with E-state index in [1.807, 2.05) is 11.3 Å². The molecule has 9 aromatic carbocycles. The molecule has 0 N–H and O–H groups in total. The molecule has 0 fully saturated rings. The molecule has 0 bridgehead atoms. The topological polar surface area (TPSA) is 8.17 Å². The van der Waals surface area contributed by atoms with Crippen molar-refractivity contribution in [2.24, 2.45) is 0 Å². The summed E-state index contributed by atoms with van der Waals surface area (Å²) in [5, 5.41) is 5.08. The van der Waals surface area contributed by atoms with E-state index in [1.54, 1.807) is 0 Å². The molecular weight excluding hydrogens is 709 g/mol. The Kier molecular flexibility index (Phi) is 8.04. The largest absolute Gasteiger partial charge is 0.310 e. The number of thiophene rings is 1. The average Bonchev–Trinajstić information content (AvgIpc) is 3.83. The van der Waals surface area contributed by atoms with E-state index in [4.69, 9.17) is 0 Å². The fourth-order valence-electron chi connectivity index (χ4n) is 8.63. The maximum absolute atomic E-state index is 2.45. The summed E-state index contributed by atoms with van der Waals surface area (Å²) in [6.07, 6.45) is 0. The number of rotatable bonds is 7. The monoisotopic (exact) mass is 744 g/mol. The first-order valence-corrected chi connectivity index (χ1v) is 20.3. The van der Waals surface area contributed by atoms with Crippen molar-refractivity contribution >= 4 is 70.4 Å². The summed E-state index contributed by atoms with van der Waals surface area (Å²) in [4.78, 5) is 2.45. The zero-order valence-corrected chi connectivity index (χ0v) is 31.9. The molecule has 0 aliphatic rings. The first-order valence-electron chi connectivity index (χ1n) is 19.4. The van der Waals surface area contributed by atoms with Gasteiger partial charge in [0.25, 0.3) is 0 Å². The van der Waals surface area contributed by atoms with Crippen molar-refractivity contribution in [3.8, 4) is 39.1 Å². The second kappa shape index (κ2) is 13.8. The van der Waals surface area contributed by atoms with Crippen molar-refractivity contribution in [2.45, 2.75) is 0 Å². The molecule has 2 heterocycles. The summed E-state index contributed by atoms with van der Waals surface area (Å²) in [7, 11) is 0. The number of benzene rings is 9. The van der Waals surface area contributed by atoms with Gasteiger partial charge in [0.15, 0.2) is 0 Å². The summed E-state index contributed by atoms with van der Waals surface area (Å²) in [5.74, 6) is 0. The fourth-order valence-corrected chi connectivity index (χ4v) is 9.86. The average molecular weight is 745 g/mol. The van der Waals surface area contributed by atoms with Crippen LogP contribution in [0.3, 0.4) is 0 Å². The van der Waals surface area contributed by atoms with Crippen LogP contribution in [0, 0.1) is 0 Å². The van der Waals surface area contributed by atoms with Crippen LogP contribution in [0.4, 0.5) is 17.1 Å². The van der Waals surface area contributed by atoms with Crippen LogP contribution in [0.15, 0.2) is 218 Å². The van der Waals surface area contributed by atoms with Gasteiger partial charge in [0.2, 0.25) is 0 Å². The maximum atomic E-state index is 2.45. The van der Waals surface area contributed by atoms with Gasteiger partial charge < -0.3 is 9.47 Å². The minimum Gasteiger partial charge on any atom is -0.310 e. The van der Waals surface area contributed by atoms with Gasteiger partial charge in [-0.3, -0.25) is 0 Å². The normalized spacial score (nSPS) is 11.5. The molecule has 0 aliphatic carbocycles. The molecule has 0 aliphatic heterocycles. The van der Waals surface area contributed by atoms with Crippen LogP contribution in [0.5, 0.6) is 0 Å². The molecule has 3 heteroatoms. The number of fused-ring (bicyclic) bond motifs is 6. The SMILES string of the molecule is c1ccc(-c2ccccc2-c2ccc(N(c3ccc4c5ccccc5n(-c5ccccc5)c4c3)c3ccccc3-c3cccc4c3sc3ccccc34)cc2)cc1. The highest BCUT2D eigenvalue weighted by molar-refractivity contribution is 7.26. The third kappa shape index (κ3) is 5.63. The molecule has 0 saturated carbocycles. The molecule has 2 aromatic heterocycles. The summed E-state index contributed by atoms with van der Waals surface area (Å²) < 4.78 is 5.01. The van der Waals surface area contributed by atoms with Crippen molar-refractivity contribution in [1.82, 2.24) is 4.57 Å². The molecule has 0 saturated heterocycles. The van der Waals surface area contributed by atoms with Crippen LogP contribution in [0.2, 0.25) is 0 Å². The maximum Gasteiger partial charge on any atom is 0.0561 e. The molecule has 0 unspecified atom stereocenters. The Balaban J connectivity index is 1.14. The Bertz CT molecular complexity index is 3230. The smallest absolute Gasteiger partial charge is 0.0561 e. The van der Waals surface area contributed by atoms with Gasteiger partial charge in [-0.1, -0.05) is 164 Å². The van der Waals surface area contributed by atoms with Crippen molar-refractivity contribution < 1.29 is 0 Å². The van der Waals surface area contributed by atoms with Gasteiger partial charge in [0.05, 0.1) is 16.7 Å². The second-order valence-electron chi connectivity index (χ2n) is 14.5. The van der Waals surface area contributed by atoms with Gasteiger partial charge in [0.1, 0.15) is 0 Å². The van der Waals surface area contributed by atoms with Crippen molar-refractivity contribution in [1.29, 1.82) is 0 Å². The van der Waals surface area contributed by atoms with Gasteiger partial charge >= 0.3 is 0 Å². The molecule has 57 heavy (non-hydrogen) atoms. The molecule has 11 rings (SSSR count). The number of nitrogens with zero attached hydrogens (tertiary/aromatic N) is 2. The fraction of sp³-hybridized carbons (Fsp3) is 0. The molecule has 11 aromatic rings. The molecule has 0 spiro atoms. The molecular formula is C54H36N2S. The van der Waals surface area contributed by atoms with Crippen LogP contribution in [-0.2, 0) is 0 Å². The standard InChI is InChI=1S/C54H36N2S/c1-3-16-37(17-4-1)42-20-7-8-21-43(42)38-30-32-40(33-31-38)55(41-34-35-46-44-22-9-13-28-51(44)56(52(46)36-41)39-18-5-2-6-19-39)50-27-12-10-23-45(50)48-25-15-26-49-47-24-11-14-29-53(47)57-54(48)49/h1-36H. The predicted octanol–water partition coefficient (Wildman–Crippen LogP) is 15.6. The lowest BCUT2D eigenvalue weighted by Gasteiger charge is -2.28. The minimum atomic E-state index is 1.09. The quantitative estimate of drug-likeness (QED) is 0.158. The van der Waals surface area contributed by atoms with E-state index >= 15 is 0 Å². The van der Waals surface area contributed by atoms with Crippen LogP contribution in [0.1, 0.15) is 0 Å². The van der Waals surface area contributed by atoms with E-state index in [-0.39, 0.29) is 0 Å². The molecule has 0 radical (unpaired) electrons. The third-order valence-electron chi connectivity index (χ3n) is 11.2. The van der Waals surface area contributed by atoms with Crippen LogP contribution in [-0.4, -0.2) is 4.57 Å². The van der Waals surface area contributed by atoms with Crippen molar-refractivity contribution in [3.63, 3.8) is 0 Å². The lowest BCUT2D eigenvalue weighted by atomic mass is 9.94. The first kappa shape index (κ1) is 33.2. The summed E-state index contributed by atoms with van der Waals surface area (Å²) >= 11 is 1.88. The van der Waals surface area contributed by atoms with Crippen molar-refractivity contribution in [3.05, 3.63) is 218 Å². The zero-order valence-electron chi connectivity index (χ0n) is 31.1. The van der Waals surface area contributed by atoms with E-state index in [0.717, 1.165) is 22.7 Å². The highest BCUT2D eigenvalue weighted by atomic mass is 32.1. The molecule has 268 valence electrons. The Morgan fingerprint density at radius 2 is 0.912 bits per heavy atom. The summed E-state index contributed by atoms with van der Waals surface area (Å²) in [6.45, 7) is 0. The van der Waals surface area contributed by atoms with Crippen LogP contribution in [0.25, 0.3) is 81.0 Å². The zero-order chi connectivity index (χ0) is 37.7. The predicted molar refractivity (Wildman–Crippen MR) is 245 cm³/mol. The second-order valence-corrected chi connectivity index (χ2v) is 15.5.